The van der Waals surface area contributed by atoms with E-state index in [9.17, 15) is 0 Å². The number of benzene rings is 6. The molecule has 0 unspecified atom stereocenters. The van der Waals surface area contributed by atoms with Crippen LogP contribution in [-0.4, -0.2) is 7.11 Å². The van der Waals surface area contributed by atoms with Crippen LogP contribution in [0.15, 0.2) is 109 Å². The van der Waals surface area contributed by atoms with Crippen LogP contribution >= 0.6 is 8.60 Å². The summed E-state index contributed by atoms with van der Waals surface area (Å²) in [6, 6.07) is 38.0. The second-order valence-electron chi connectivity index (χ2n) is 11.7. The van der Waals surface area contributed by atoms with Crippen LogP contribution in [0, 0.1) is 0 Å². The third-order valence-corrected chi connectivity index (χ3v) is 10.6. The van der Waals surface area contributed by atoms with Gasteiger partial charge >= 0.3 is 8.60 Å². The first-order chi connectivity index (χ1) is 21.2. The summed E-state index contributed by atoms with van der Waals surface area (Å²) in [6.45, 7) is 0. The van der Waals surface area contributed by atoms with Gasteiger partial charge in [-0.25, -0.2) is 0 Å². The molecule has 210 valence electrons. The van der Waals surface area contributed by atoms with Crippen LogP contribution in [0.2, 0.25) is 0 Å². The van der Waals surface area contributed by atoms with Gasteiger partial charge in [0.2, 0.25) is 0 Å². The van der Waals surface area contributed by atoms with Crippen molar-refractivity contribution < 1.29 is 18.3 Å². The molecule has 6 aromatic rings. The summed E-state index contributed by atoms with van der Waals surface area (Å²) in [5.41, 5.74) is 7.32. The molecule has 4 nitrogen and oxygen atoms in total. The van der Waals surface area contributed by atoms with E-state index in [1.807, 2.05) is 12.1 Å². The van der Waals surface area contributed by atoms with Gasteiger partial charge in [0.05, 0.1) is 7.11 Å². The fourth-order valence-corrected chi connectivity index (χ4v) is 8.87. The van der Waals surface area contributed by atoms with Gasteiger partial charge in [0.25, 0.3) is 0 Å². The molecule has 2 aliphatic carbocycles. The average molecular weight is 581 g/mol. The summed E-state index contributed by atoms with van der Waals surface area (Å²) in [5, 5.41) is 4.44. The highest BCUT2D eigenvalue weighted by Gasteiger charge is 2.50. The third kappa shape index (κ3) is 3.66. The molecule has 0 amide bonds. The molecule has 3 aliphatic rings. The fourth-order valence-electron chi connectivity index (χ4n) is 7.82. The zero-order chi connectivity index (χ0) is 28.5. The second-order valence-corrected chi connectivity index (χ2v) is 12.7. The van der Waals surface area contributed by atoms with E-state index in [4.69, 9.17) is 18.3 Å². The van der Waals surface area contributed by atoms with E-state index in [2.05, 4.69) is 97.1 Å². The maximum Gasteiger partial charge on any atom is 0.530 e. The maximum absolute atomic E-state index is 6.90. The highest BCUT2D eigenvalue weighted by molar-refractivity contribution is 7.43. The van der Waals surface area contributed by atoms with Gasteiger partial charge in [-0.1, -0.05) is 84.9 Å². The van der Waals surface area contributed by atoms with Crippen LogP contribution in [0.5, 0.6) is 23.0 Å². The number of methoxy groups -OCH3 is 1. The summed E-state index contributed by atoms with van der Waals surface area (Å²) in [5.74, 6) is 3.26. The largest absolute Gasteiger partial charge is 0.530 e. The number of aryl methyl sites for hydroxylation is 2. The summed E-state index contributed by atoms with van der Waals surface area (Å²) < 4.78 is 26.4. The minimum atomic E-state index is -1.84. The Bertz CT molecular complexity index is 2020. The number of hydrogen-bond donors (Lipinski definition) is 0. The van der Waals surface area contributed by atoms with Crippen molar-refractivity contribution in [1.82, 2.24) is 0 Å². The zero-order valence-electron chi connectivity index (χ0n) is 23.8. The van der Waals surface area contributed by atoms with Gasteiger partial charge in [0.15, 0.2) is 0 Å². The first-order valence-electron chi connectivity index (χ1n) is 14.9. The Hall–Kier alpha value is -4.53. The Morgan fingerprint density at radius 3 is 1.70 bits per heavy atom. The summed E-state index contributed by atoms with van der Waals surface area (Å²) in [6.07, 6.45) is 4.28. The molecule has 1 aliphatic heterocycles. The van der Waals surface area contributed by atoms with Gasteiger partial charge in [-0.2, -0.15) is 0 Å². The molecule has 0 saturated heterocycles. The highest BCUT2D eigenvalue weighted by atomic mass is 31.2. The predicted octanol–water partition coefficient (Wildman–Crippen LogP) is 9.92. The molecule has 1 heterocycles. The monoisotopic (exact) mass is 580 g/mol. The normalized spacial score (nSPS) is 16.1. The Kier molecular flexibility index (Phi) is 5.52. The molecule has 5 heteroatoms. The lowest BCUT2D eigenvalue weighted by Crippen LogP contribution is -2.24. The van der Waals surface area contributed by atoms with Crippen LogP contribution in [0.25, 0.3) is 32.7 Å². The van der Waals surface area contributed by atoms with Crippen molar-refractivity contribution in [3.05, 3.63) is 131 Å². The predicted molar refractivity (Wildman–Crippen MR) is 173 cm³/mol. The molecule has 0 saturated carbocycles. The number of fused-ring (bicyclic) bond motifs is 2. The third-order valence-electron chi connectivity index (χ3n) is 9.59. The Morgan fingerprint density at radius 1 is 0.581 bits per heavy atom. The van der Waals surface area contributed by atoms with Gasteiger partial charge in [-0.15, -0.1) is 0 Å². The Labute approximate surface area is 251 Å². The number of ether oxygens (including phenoxy) is 1. The van der Waals surface area contributed by atoms with Crippen molar-refractivity contribution in [2.24, 2.45) is 0 Å². The first kappa shape index (κ1) is 25.0. The van der Waals surface area contributed by atoms with E-state index < -0.39 is 8.60 Å². The fraction of sp³-hybridized carbons (Fsp3) is 0.158. The zero-order valence-corrected chi connectivity index (χ0v) is 24.7. The van der Waals surface area contributed by atoms with Crippen molar-refractivity contribution in [3.63, 3.8) is 0 Å². The Balaban J connectivity index is 1.25. The van der Waals surface area contributed by atoms with Gasteiger partial charge in [-0.3, -0.25) is 0 Å². The molecule has 0 atom stereocenters. The van der Waals surface area contributed by atoms with E-state index in [1.165, 1.54) is 22.3 Å². The van der Waals surface area contributed by atoms with Crippen LogP contribution < -0.4 is 18.3 Å². The lowest BCUT2D eigenvalue weighted by molar-refractivity contribution is 0.364. The van der Waals surface area contributed by atoms with Crippen LogP contribution in [0.3, 0.4) is 0 Å². The minimum Gasteiger partial charge on any atom is -0.496 e. The summed E-state index contributed by atoms with van der Waals surface area (Å²) >= 11 is 0. The smallest absolute Gasteiger partial charge is 0.496 e. The van der Waals surface area contributed by atoms with Crippen molar-refractivity contribution in [2.75, 3.05) is 7.11 Å². The highest BCUT2D eigenvalue weighted by Crippen LogP contribution is 2.62. The maximum atomic E-state index is 6.90. The minimum absolute atomic E-state index is 0.0519. The molecule has 6 aromatic carbocycles. The van der Waals surface area contributed by atoms with Gasteiger partial charge < -0.3 is 18.3 Å². The van der Waals surface area contributed by atoms with E-state index in [0.29, 0.717) is 5.75 Å². The molecular weight excluding hydrogens is 551 g/mol. The molecule has 0 bridgehead atoms. The number of rotatable bonds is 4. The van der Waals surface area contributed by atoms with E-state index in [0.717, 1.165) is 75.6 Å². The summed E-state index contributed by atoms with van der Waals surface area (Å²) in [7, 11) is -0.111. The molecule has 9 rings (SSSR count). The van der Waals surface area contributed by atoms with Crippen LogP contribution in [0.1, 0.15) is 35.1 Å². The topological polar surface area (TPSA) is 36.9 Å². The quantitative estimate of drug-likeness (QED) is 0.195. The lowest BCUT2D eigenvalue weighted by Gasteiger charge is -2.33. The molecule has 0 radical (unpaired) electrons. The van der Waals surface area contributed by atoms with Gasteiger partial charge in [0.1, 0.15) is 23.0 Å². The summed E-state index contributed by atoms with van der Waals surface area (Å²) in [4.78, 5) is 0. The van der Waals surface area contributed by atoms with Crippen molar-refractivity contribution in [1.29, 1.82) is 0 Å². The molecule has 0 aromatic heterocycles. The van der Waals surface area contributed by atoms with E-state index >= 15 is 0 Å². The van der Waals surface area contributed by atoms with Gasteiger partial charge in [-0.05, 0) is 82.6 Å². The van der Waals surface area contributed by atoms with Crippen molar-refractivity contribution in [3.8, 4) is 34.1 Å². The molecular formula is C38H29O4P. The number of hydrogen-bond acceptors (Lipinski definition) is 4. The lowest BCUT2D eigenvalue weighted by atomic mass is 9.76. The van der Waals surface area contributed by atoms with Crippen molar-refractivity contribution in [2.45, 2.75) is 31.1 Å². The molecule has 43 heavy (non-hydrogen) atoms. The SMILES string of the molecule is COc1ccc2ccccc2c1-c1c(OP2Oc3cccc4c3C3(CC4)CCc4cccc(c43)O2)ccc2ccccc12. The standard InChI is InChI=1S/C38H29O4P/c1-39-30-18-16-24-8-2-4-12-28(24)34(30)35-29-13-5-3-9-25(29)17-19-31(35)40-43-41-32-14-6-10-26-20-22-38(36(26)32)23-21-27-11-7-15-33(42-43)37(27)38/h2-19H,20-23H2,1H3. The average Bonchev–Trinajstić information content (AvgIpc) is 3.62. The van der Waals surface area contributed by atoms with Gasteiger partial charge in [0, 0.05) is 27.7 Å². The van der Waals surface area contributed by atoms with E-state index in [1.54, 1.807) is 7.11 Å². The van der Waals surface area contributed by atoms with E-state index in [-0.39, 0.29) is 5.41 Å². The Morgan fingerprint density at radius 2 is 1.12 bits per heavy atom. The molecule has 0 N–H and O–H groups in total. The second kappa shape index (κ2) is 9.49. The molecule has 1 spiro atoms. The first-order valence-corrected chi connectivity index (χ1v) is 16.0. The van der Waals surface area contributed by atoms with Crippen LogP contribution in [0.4, 0.5) is 0 Å². The van der Waals surface area contributed by atoms with Crippen molar-refractivity contribution >= 4 is 30.1 Å². The molecule has 0 fully saturated rings. The van der Waals surface area contributed by atoms with Crippen LogP contribution in [-0.2, 0) is 18.3 Å².